The molecule has 0 bridgehead atoms. The third-order valence-electron chi connectivity index (χ3n) is 5.34. The Morgan fingerprint density at radius 2 is 1.80 bits per heavy atom. The predicted molar refractivity (Wildman–Crippen MR) is 86.4 cm³/mol. The van der Waals surface area contributed by atoms with Crippen molar-refractivity contribution < 1.29 is 0 Å². The normalized spacial score (nSPS) is 28.9. The molecule has 2 aliphatic rings. The highest BCUT2D eigenvalue weighted by molar-refractivity contribution is 6.31. The molecule has 0 unspecified atom stereocenters. The van der Waals surface area contributed by atoms with Crippen LogP contribution in [-0.2, 0) is 0 Å². The molecule has 2 aliphatic carbocycles. The second-order valence-electron chi connectivity index (χ2n) is 6.74. The lowest BCUT2D eigenvalue weighted by molar-refractivity contribution is 0.211. The Morgan fingerprint density at radius 1 is 1.10 bits per heavy atom. The average Bonchev–Trinajstić information content (AvgIpc) is 2.44. The molecular weight excluding hydrogens is 266 g/mol. The zero-order chi connectivity index (χ0) is 13.9. The fourth-order valence-electron chi connectivity index (χ4n) is 3.96. The summed E-state index contributed by atoms with van der Waals surface area (Å²) >= 11 is 6.29. The standard InChI is InChI=1S/C18H26ClN/c1-13(14-7-3-2-4-8-14)20-16-11-15(12-16)17-9-5-6-10-18(17)19/h5-6,9-10,13-16,20H,2-4,7-8,11-12H2,1H3/t13-,15?,16?/m0/s1. The predicted octanol–water partition coefficient (Wildman–Crippen LogP) is 5.14. The van der Waals surface area contributed by atoms with Gasteiger partial charge in [0.1, 0.15) is 0 Å². The Hall–Kier alpha value is -0.530. The van der Waals surface area contributed by atoms with Crippen LogP contribution in [0.2, 0.25) is 5.02 Å². The summed E-state index contributed by atoms with van der Waals surface area (Å²) in [4.78, 5) is 0. The van der Waals surface area contributed by atoms with Gasteiger partial charge in [0.2, 0.25) is 0 Å². The molecule has 20 heavy (non-hydrogen) atoms. The molecule has 0 radical (unpaired) electrons. The first-order chi connectivity index (χ1) is 9.74. The van der Waals surface area contributed by atoms with E-state index in [4.69, 9.17) is 11.6 Å². The second kappa shape index (κ2) is 6.49. The largest absolute Gasteiger partial charge is 0.311 e. The van der Waals surface area contributed by atoms with Crippen LogP contribution in [0.3, 0.4) is 0 Å². The SMILES string of the molecule is C[C@H](NC1CC(c2ccccc2Cl)C1)C1CCCCC1. The molecule has 2 heteroatoms. The number of benzene rings is 1. The minimum Gasteiger partial charge on any atom is -0.311 e. The van der Waals surface area contributed by atoms with E-state index in [9.17, 15) is 0 Å². The summed E-state index contributed by atoms with van der Waals surface area (Å²) in [6.45, 7) is 2.39. The van der Waals surface area contributed by atoms with Gasteiger partial charge in [0.05, 0.1) is 0 Å². The van der Waals surface area contributed by atoms with Gasteiger partial charge in [-0.15, -0.1) is 0 Å². The van der Waals surface area contributed by atoms with Crippen LogP contribution in [0.1, 0.15) is 63.4 Å². The van der Waals surface area contributed by atoms with E-state index in [-0.39, 0.29) is 0 Å². The van der Waals surface area contributed by atoms with Crippen molar-refractivity contribution in [3.05, 3.63) is 34.9 Å². The lowest BCUT2D eigenvalue weighted by atomic mass is 9.75. The Morgan fingerprint density at radius 3 is 2.50 bits per heavy atom. The lowest BCUT2D eigenvalue weighted by Crippen LogP contribution is -2.47. The molecule has 0 aromatic heterocycles. The van der Waals surface area contributed by atoms with Crippen molar-refractivity contribution in [1.29, 1.82) is 0 Å². The topological polar surface area (TPSA) is 12.0 Å². The van der Waals surface area contributed by atoms with Crippen LogP contribution in [0.4, 0.5) is 0 Å². The molecule has 3 rings (SSSR count). The van der Waals surface area contributed by atoms with E-state index in [0.717, 1.165) is 10.9 Å². The number of rotatable bonds is 4. The molecule has 0 aliphatic heterocycles. The van der Waals surface area contributed by atoms with Crippen molar-refractivity contribution in [2.75, 3.05) is 0 Å². The Bertz CT molecular complexity index is 433. The zero-order valence-corrected chi connectivity index (χ0v) is 13.2. The summed E-state index contributed by atoms with van der Waals surface area (Å²) in [5, 5.41) is 4.80. The van der Waals surface area contributed by atoms with Gasteiger partial charge in [0.25, 0.3) is 0 Å². The van der Waals surface area contributed by atoms with Crippen molar-refractivity contribution in [3.63, 3.8) is 0 Å². The van der Waals surface area contributed by atoms with Crippen LogP contribution in [0.25, 0.3) is 0 Å². The average molecular weight is 292 g/mol. The summed E-state index contributed by atoms with van der Waals surface area (Å²) < 4.78 is 0. The van der Waals surface area contributed by atoms with E-state index >= 15 is 0 Å². The maximum absolute atomic E-state index is 6.29. The van der Waals surface area contributed by atoms with E-state index in [0.29, 0.717) is 18.0 Å². The van der Waals surface area contributed by atoms with E-state index in [1.807, 2.05) is 12.1 Å². The molecule has 1 aromatic rings. The van der Waals surface area contributed by atoms with Crippen molar-refractivity contribution in [2.24, 2.45) is 5.92 Å². The van der Waals surface area contributed by atoms with E-state index < -0.39 is 0 Å². The first-order valence-corrected chi connectivity index (χ1v) is 8.62. The molecule has 0 spiro atoms. The minimum atomic E-state index is 0.666. The van der Waals surface area contributed by atoms with Crippen LogP contribution >= 0.6 is 11.6 Å². The Labute approximate surface area is 128 Å². The van der Waals surface area contributed by atoms with Gasteiger partial charge in [-0.2, -0.15) is 0 Å². The number of halogens is 1. The van der Waals surface area contributed by atoms with Gasteiger partial charge in [-0.25, -0.2) is 0 Å². The fourth-order valence-corrected chi connectivity index (χ4v) is 4.25. The molecule has 2 saturated carbocycles. The number of hydrogen-bond acceptors (Lipinski definition) is 1. The lowest BCUT2D eigenvalue weighted by Gasteiger charge is -2.40. The summed E-state index contributed by atoms with van der Waals surface area (Å²) in [6, 6.07) is 9.72. The fraction of sp³-hybridized carbons (Fsp3) is 0.667. The highest BCUT2D eigenvalue weighted by Gasteiger charge is 2.33. The van der Waals surface area contributed by atoms with Crippen LogP contribution in [0.5, 0.6) is 0 Å². The molecular formula is C18H26ClN. The van der Waals surface area contributed by atoms with Gasteiger partial charge in [0, 0.05) is 17.1 Å². The van der Waals surface area contributed by atoms with Crippen LogP contribution in [-0.4, -0.2) is 12.1 Å². The number of hydrogen-bond donors (Lipinski definition) is 1. The quantitative estimate of drug-likeness (QED) is 0.809. The van der Waals surface area contributed by atoms with E-state index in [2.05, 4.69) is 24.4 Å². The van der Waals surface area contributed by atoms with Crippen LogP contribution in [0.15, 0.2) is 24.3 Å². The smallest absolute Gasteiger partial charge is 0.0440 e. The van der Waals surface area contributed by atoms with Gasteiger partial charge in [-0.1, -0.05) is 49.1 Å². The van der Waals surface area contributed by atoms with Gasteiger partial charge >= 0.3 is 0 Å². The van der Waals surface area contributed by atoms with Gasteiger partial charge in [0.15, 0.2) is 0 Å². The van der Waals surface area contributed by atoms with Gasteiger partial charge in [-0.05, 0) is 56.1 Å². The maximum Gasteiger partial charge on any atom is 0.0440 e. The highest BCUT2D eigenvalue weighted by Crippen LogP contribution is 2.40. The Kier molecular flexibility index (Phi) is 4.68. The van der Waals surface area contributed by atoms with Gasteiger partial charge < -0.3 is 5.32 Å². The molecule has 0 heterocycles. The zero-order valence-electron chi connectivity index (χ0n) is 12.4. The second-order valence-corrected chi connectivity index (χ2v) is 7.15. The van der Waals surface area contributed by atoms with Crippen molar-refractivity contribution in [2.45, 2.75) is 69.9 Å². The van der Waals surface area contributed by atoms with Crippen molar-refractivity contribution in [1.82, 2.24) is 5.32 Å². The molecule has 0 saturated heterocycles. The summed E-state index contributed by atoms with van der Waals surface area (Å²) in [5.74, 6) is 1.57. The molecule has 1 N–H and O–H groups in total. The van der Waals surface area contributed by atoms with Crippen molar-refractivity contribution in [3.8, 4) is 0 Å². The van der Waals surface area contributed by atoms with E-state index in [1.54, 1.807) is 0 Å². The number of nitrogens with one attached hydrogen (secondary N) is 1. The monoisotopic (exact) mass is 291 g/mol. The minimum absolute atomic E-state index is 0.666. The molecule has 1 nitrogen and oxygen atoms in total. The molecule has 0 amide bonds. The van der Waals surface area contributed by atoms with Crippen LogP contribution < -0.4 is 5.32 Å². The molecule has 1 atom stereocenters. The molecule has 2 fully saturated rings. The maximum atomic E-state index is 6.29. The summed E-state index contributed by atoms with van der Waals surface area (Å²) in [7, 11) is 0. The third-order valence-corrected chi connectivity index (χ3v) is 5.68. The van der Waals surface area contributed by atoms with E-state index in [1.165, 1.54) is 50.5 Å². The molecule has 110 valence electrons. The Balaban J connectivity index is 1.47. The summed E-state index contributed by atoms with van der Waals surface area (Å²) in [6.07, 6.45) is 9.67. The third kappa shape index (κ3) is 3.20. The van der Waals surface area contributed by atoms with Crippen molar-refractivity contribution >= 4 is 11.6 Å². The first kappa shape index (κ1) is 14.4. The van der Waals surface area contributed by atoms with Crippen LogP contribution in [0, 0.1) is 5.92 Å². The molecule has 1 aromatic carbocycles. The summed E-state index contributed by atoms with van der Waals surface area (Å²) in [5.41, 5.74) is 1.34. The van der Waals surface area contributed by atoms with Gasteiger partial charge in [-0.3, -0.25) is 0 Å². The first-order valence-electron chi connectivity index (χ1n) is 8.24. The highest BCUT2D eigenvalue weighted by atomic mass is 35.5.